The number of benzene rings is 2. The van der Waals surface area contributed by atoms with Crippen molar-refractivity contribution < 1.29 is 31.9 Å². The second-order valence-corrected chi connectivity index (χ2v) is 9.44. The Morgan fingerprint density at radius 3 is 2.40 bits per heavy atom. The number of ether oxygens (including phenoxy) is 1. The Hall–Kier alpha value is -4.56. The van der Waals surface area contributed by atoms with Crippen LogP contribution in [0.25, 0.3) is 11.1 Å². The molecule has 7 N–H and O–H groups in total. The summed E-state index contributed by atoms with van der Waals surface area (Å²) in [7, 11) is 1.29. The van der Waals surface area contributed by atoms with E-state index < -0.39 is 41.1 Å². The third kappa shape index (κ3) is 7.19. The normalized spacial score (nSPS) is 12.5. The minimum absolute atomic E-state index is 0.00587. The first kappa shape index (κ1) is 32.0. The number of nitrogens with one attached hydrogen (secondary N) is 1. The molecule has 1 heterocycles. The third-order valence-corrected chi connectivity index (χ3v) is 6.33. The number of rotatable bonds is 10. The lowest BCUT2D eigenvalue weighted by atomic mass is 10.0. The first-order valence-corrected chi connectivity index (χ1v) is 12.6. The third-order valence-electron chi connectivity index (χ3n) is 6.10. The summed E-state index contributed by atoms with van der Waals surface area (Å²) in [6.45, 7) is 1.78. The molecule has 2 amide bonds. The Morgan fingerprint density at radius 1 is 1.14 bits per heavy atom. The van der Waals surface area contributed by atoms with Crippen molar-refractivity contribution >= 4 is 34.8 Å². The largest absolute Gasteiger partial charge is 0.495 e. The quantitative estimate of drug-likeness (QED) is 0.150. The molecule has 0 radical (unpaired) electrons. The van der Waals surface area contributed by atoms with E-state index in [0.29, 0.717) is 17.6 Å². The van der Waals surface area contributed by atoms with E-state index in [2.05, 4.69) is 5.32 Å². The maximum atomic E-state index is 14.2. The molecule has 0 saturated heterocycles. The predicted octanol–water partition coefficient (Wildman–Crippen LogP) is 4.44. The van der Waals surface area contributed by atoms with Crippen LogP contribution in [0.3, 0.4) is 0 Å². The first-order valence-electron chi connectivity index (χ1n) is 12.3. The topological polar surface area (TPSA) is 159 Å². The molecule has 10 nitrogen and oxygen atoms in total. The molecule has 0 aliphatic rings. The van der Waals surface area contributed by atoms with E-state index >= 15 is 0 Å². The highest BCUT2D eigenvalue weighted by Crippen LogP contribution is 2.38. The van der Waals surface area contributed by atoms with Gasteiger partial charge in [-0.15, -0.1) is 0 Å². The molecule has 0 spiro atoms. The number of nitrogens with two attached hydrogens (primary N) is 3. The van der Waals surface area contributed by atoms with E-state index in [1.54, 1.807) is 6.92 Å². The highest BCUT2D eigenvalue weighted by atomic mass is 35.5. The van der Waals surface area contributed by atoms with Crippen LogP contribution in [0.1, 0.15) is 36.2 Å². The number of halogens is 5. The van der Waals surface area contributed by atoms with Gasteiger partial charge in [0.1, 0.15) is 23.3 Å². The molecule has 2 aromatic carbocycles. The number of amides is 2. The maximum Gasteiger partial charge on any atom is 0.432 e. The number of primary amides is 1. The molecule has 0 aliphatic heterocycles. The van der Waals surface area contributed by atoms with E-state index in [9.17, 15) is 31.9 Å². The van der Waals surface area contributed by atoms with Crippen LogP contribution >= 0.6 is 11.6 Å². The van der Waals surface area contributed by atoms with Gasteiger partial charge in [-0.1, -0.05) is 24.9 Å². The Labute approximate surface area is 242 Å². The van der Waals surface area contributed by atoms with Gasteiger partial charge < -0.3 is 21.5 Å². The maximum absolute atomic E-state index is 14.2. The lowest BCUT2D eigenvalue weighted by Gasteiger charge is -2.23. The summed E-state index contributed by atoms with van der Waals surface area (Å²) in [5, 5.41) is 3.34. The Bertz CT molecular complexity index is 1590. The molecule has 3 aromatic rings. The van der Waals surface area contributed by atoms with Gasteiger partial charge in [0.2, 0.25) is 5.91 Å². The molecule has 0 saturated carbocycles. The SMILES string of the molecule is CCCC(C(=O)Nc1ccc(C(N)=O)c(F)c1)n1cc(OC)c(-c2cc(Cl)ccc2N(N)/C=C(\N)C(F)(F)F)cc1=O. The number of hydrazine groups is 1. The van der Waals surface area contributed by atoms with Crippen molar-refractivity contribution in [3.05, 3.63) is 87.3 Å². The predicted molar refractivity (Wildman–Crippen MR) is 150 cm³/mol. The molecule has 42 heavy (non-hydrogen) atoms. The second kappa shape index (κ2) is 13.0. The average Bonchev–Trinajstić information content (AvgIpc) is 2.90. The summed E-state index contributed by atoms with van der Waals surface area (Å²) in [4.78, 5) is 37.9. The molecule has 1 unspecified atom stereocenters. The van der Waals surface area contributed by atoms with Crippen LogP contribution in [0.5, 0.6) is 5.75 Å². The number of methoxy groups -OCH3 is 1. The molecule has 1 atom stereocenters. The van der Waals surface area contributed by atoms with E-state index in [0.717, 1.165) is 22.8 Å². The van der Waals surface area contributed by atoms with Crippen LogP contribution in [-0.2, 0) is 4.79 Å². The summed E-state index contributed by atoms with van der Waals surface area (Å²) in [6, 6.07) is 7.45. The van der Waals surface area contributed by atoms with Gasteiger partial charge in [0.05, 0.1) is 24.6 Å². The van der Waals surface area contributed by atoms with E-state index in [1.807, 2.05) is 0 Å². The monoisotopic (exact) mass is 610 g/mol. The standard InChI is InChI=1S/C27H27ClF4N6O4/c1-3-4-21(26(41)36-15-6-7-16(25(34)40)19(29)10-15)37-12-22(42-2)18(11-24(37)39)17-9-14(28)5-8-20(17)38(35)13-23(33)27(30,31)32/h5-13,21H,3-4,33,35H2,1-2H3,(H2,34,40)(H,36,41)/b23-13-. The van der Waals surface area contributed by atoms with Gasteiger partial charge in [-0.05, 0) is 42.8 Å². The van der Waals surface area contributed by atoms with Crippen LogP contribution < -0.4 is 37.9 Å². The van der Waals surface area contributed by atoms with Gasteiger partial charge in [-0.2, -0.15) is 13.2 Å². The number of carbonyl (C=O) groups excluding carboxylic acids is 2. The number of hydrogen-bond acceptors (Lipinski definition) is 7. The number of anilines is 2. The van der Waals surface area contributed by atoms with Crippen molar-refractivity contribution in [3.8, 4) is 16.9 Å². The fourth-order valence-electron chi connectivity index (χ4n) is 4.08. The number of pyridine rings is 1. The van der Waals surface area contributed by atoms with Gasteiger partial charge in [0.15, 0.2) is 0 Å². The zero-order valence-corrected chi connectivity index (χ0v) is 23.1. The van der Waals surface area contributed by atoms with Crippen molar-refractivity contribution in [2.45, 2.75) is 32.0 Å². The lowest BCUT2D eigenvalue weighted by molar-refractivity contribution is -0.119. The van der Waals surface area contributed by atoms with Gasteiger partial charge in [0, 0.05) is 34.1 Å². The van der Waals surface area contributed by atoms with Crippen LogP contribution in [0.4, 0.5) is 28.9 Å². The van der Waals surface area contributed by atoms with Crippen molar-refractivity contribution in [3.63, 3.8) is 0 Å². The van der Waals surface area contributed by atoms with Crippen molar-refractivity contribution in [2.24, 2.45) is 17.3 Å². The molecule has 1 aromatic heterocycles. The van der Waals surface area contributed by atoms with E-state index in [-0.39, 0.29) is 45.3 Å². The Kier molecular flexibility index (Phi) is 9.86. The minimum atomic E-state index is -4.84. The van der Waals surface area contributed by atoms with E-state index in [4.69, 9.17) is 33.6 Å². The highest BCUT2D eigenvalue weighted by molar-refractivity contribution is 6.31. The molecule has 0 aliphatic carbocycles. The van der Waals surface area contributed by atoms with Crippen LogP contribution in [-0.4, -0.2) is 29.7 Å². The zero-order valence-electron chi connectivity index (χ0n) is 22.3. The summed E-state index contributed by atoms with van der Waals surface area (Å²) in [6.07, 6.45) is -2.44. The molecular weight excluding hydrogens is 584 g/mol. The van der Waals surface area contributed by atoms with Gasteiger partial charge in [-0.25, -0.2) is 10.2 Å². The molecular formula is C27H27ClF4N6O4. The number of carbonyl (C=O) groups is 2. The number of hydrogen-bond donors (Lipinski definition) is 4. The minimum Gasteiger partial charge on any atom is -0.495 e. The second-order valence-electron chi connectivity index (χ2n) is 9.00. The summed E-state index contributed by atoms with van der Waals surface area (Å²) in [5.41, 5.74) is 8.02. The molecule has 0 fully saturated rings. The van der Waals surface area contributed by atoms with Crippen molar-refractivity contribution in [1.82, 2.24) is 4.57 Å². The number of nitrogens with zero attached hydrogens (tertiary/aromatic N) is 2. The first-order chi connectivity index (χ1) is 19.7. The summed E-state index contributed by atoms with van der Waals surface area (Å²) in [5.74, 6) is 3.36. The Morgan fingerprint density at radius 2 is 1.83 bits per heavy atom. The Balaban J connectivity index is 2.07. The highest BCUT2D eigenvalue weighted by Gasteiger charge is 2.32. The number of aromatic nitrogens is 1. The molecule has 0 bridgehead atoms. The zero-order chi connectivity index (χ0) is 31.4. The summed E-state index contributed by atoms with van der Waals surface area (Å²) < 4.78 is 59.8. The molecule has 3 rings (SSSR count). The fraction of sp³-hybridized carbons (Fsp3) is 0.222. The average molecular weight is 611 g/mol. The van der Waals surface area contributed by atoms with Crippen molar-refractivity contribution in [2.75, 3.05) is 17.4 Å². The van der Waals surface area contributed by atoms with Crippen LogP contribution in [0.15, 0.2) is 65.4 Å². The van der Waals surface area contributed by atoms with Crippen molar-refractivity contribution in [1.29, 1.82) is 0 Å². The van der Waals surface area contributed by atoms with Crippen LogP contribution in [0, 0.1) is 5.82 Å². The summed E-state index contributed by atoms with van der Waals surface area (Å²) >= 11 is 6.16. The number of allylic oxidation sites excluding steroid dienone is 1. The smallest absolute Gasteiger partial charge is 0.432 e. The number of alkyl halides is 3. The van der Waals surface area contributed by atoms with Gasteiger partial charge in [0.25, 0.3) is 11.5 Å². The van der Waals surface area contributed by atoms with E-state index in [1.165, 1.54) is 37.6 Å². The van der Waals surface area contributed by atoms with Gasteiger partial charge >= 0.3 is 6.18 Å². The molecule has 224 valence electrons. The van der Waals surface area contributed by atoms with Crippen LogP contribution in [0.2, 0.25) is 5.02 Å². The fourth-order valence-corrected chi connectivity index (χ4v) is 4.25. The lowest BCUT2D eigenvalue weighted by Crippen LogP contribution is -2.33. The molecule has 15 heteroatoms. The van der Waals surface area contributed by atoms with Gasteiger partial charge in [-0.3, -0.25) is 24.0 Å².